The maximum absolute atomic E-state index is 14.1. The maximum atomic E-state index is 14.1. The molecule has 0 N–H and O–H groups in total. The van der Waals surface area contributed by atoms with Gasteiger partial charge in [0.25, 0.3) is 11.8 Å². The number of methoxy groups -OCH3 is 1. The van der Waals surface area contributed by atoms with Crippen molar-refractivity contribution < 1.29 is 18.7 Å². The predicted molar refractivity (Wildman–Crippen MR) is 115 cm³/mol. The summed E-state index contributed by atoms with van der Waals surface area (Å²) in [6.07, 6.45) is 0.737. The second-order valence-electron chi connectivity index (χ2n) is 7.77. The number of ether oxygens (including phenoxy) is 1. The van der Waals surface area contributed by atoms with Crippen LogP contribution in [0.15, 0.2) is 57.7 Å². The van der Waals surface area contributed by atoms with E-state index in [0.717, 1.165) is 6.42 Å². The molecule has 1 aromatic heterocycles. The van der Waals surface area contributed by atoms with Crippen molar-refractivity contribution in [1.82, 2.24) is 4.90 Å². The molecule has 2 amide bonds. The largest absolute Gasteiger partial charge is 0.450 e. The first kappa shape index (κ1) is 19.5. The Bertz CT molecular complexity index is 1280. The van der Waals surface area contributed by atoms with E-state index in [0.29, 0.717) is 28.8 Å². The number of hydrogen-bond donors (Lipinski definition) is 0. The maximum Gasteiger partial charge on any atom is 0.291 e. The monoisotopic (exact) mass is 418 g/mol. The zero-order valence-corrected chi connectivity index (χ0v) is 17.4. The lowest BCUT2D eigenvalue weighted by molar-refractivity contribution is -0.126. The number of para-hydroxylation sites is 2. The van der Waals surface area contributed by atoms with Crippen molar-refractivity contribution in [3.05, 3.63) is 75.6 Å². The van der Waals surface area contributed by atoms with Gasteiger partial charge in [0.05, 0.1) is 23.2 Å². The molecule has 5 rings (SSSR count). The van der Waals surface area contributed by atoms with Crippen LogP contribution in [-0.4, -0.2) is 43.5 Å². The van der Waals surface area contributed by atoms with Crippen molar-refractivity contribution in [2.75, 3.05) is 31.7 Å². The van der Waals surface area contributed by atoms with E-state index >= 15 is 0 Å². The first-order valence-electron chi connectivity index (χ1n) is 10.4. The smallest absolute Gasteiger partial charge is 0.291 e. The molecular weight excluding hydrogens is 396 g/mol. The third kappa shape index (κ3) is 2.41. The number of benzene rings is 2. The molecule has 158 valence electrons. The van der Waals surface area contributed by atoms with E-state index in [-0.39, 0.29) is 35.8 Å². The van der Waals surface area contributed by atoms with Gasteiger partial charge in [0.1, 0.15) is 5.58 Å². The van der Waals surface area contributed by atoms with Crippen molar-refractivity contribution in [2.24, 2.45) is 0 Å². The third-order valence-corrected chi connectivity index (χ3v) is 6.11. The molecule has 2 aliphatic heterocycles. The normalized spacial score (nSPS) is 19.5. The second kappa shape index (κ2) is 7.06. The standard InChI is InChI=1S/C24H22N2O5/c1-3-12-25-17-10-6-5-9-16(17)24(23(25)29)19-20(27)15-8-4-7-11-18(15)31-21(19)22(28)26(24)13-14-30-2/h4-11H,3,12-14H2,1-2H3. The summed E-state index contributed by atoms with van der Waals surface area (Å²) >= 11 is 0. The molecule has 2 aliphatic rings. The molecular formula is C24H22N2O5. The van der Waals surface area contributed by atoms with Crippen molar-refractivity contribution in [3.63, 3.8) is 0 Å². The molecule has 7 heteroatoms. The van der Waals surface area contributed by atoms with E-state index in [1.807, 2.05) is 31.2 Å². The topological polar surface area (TPSA) is 80.1 Å². The predicted octanol–water partition coefficient (Wildman–Crippen LogP) is 2.90. The van der Waals surface area contributed by atoms with Gasteiger partial charge in [0.2, 0.25) is 5.76 Å². The van der Waals surface area contributed by atoms with Gasteiger partial charge in [-0.1, -0.05) is 37.3 Å². The number of nitrogens with zero attached hydrogens (tertiary/aromatic N) is 2. The molecule has 1 atom stereocenters. The Labute approximate surface area is 178 Å². The Morgan fingerprint density at radius 3 is 2.52 bits per heavy atom. The molecule has 0 radical (unpaired) electrons. The highest BCUT2D eigenvalue weighted by Gasteiger charge is 2.64. The third-order valence-electron chi connectivity index (χ3n) is 6.11. The van der Waals surface area contributed by atoms with E-state index in [1.165, 1.54) is 12.0 Å². The Balaban J connectivity index is 1.89. The fourth-order valence-corrected chi connectivity index (χ4v) is 4.87. The average Bonchev–Trinajstić information content (AvgIpc) is 3.18. The Morgan fingerprint density at radius 1 is 1.00 bits per heavy atom. The van der Waals surface area contributed by atoms with Crippen LogP contribution in [0.5, 0.6) is 0 Å². The summed E-state index contributed by atoms with van der Waals surface area (Å²) in [5.74, 6) is -0.848. The van der Waals surface area contributed by atoms with Gasteiger partial charge in [-0.3, -0.25) is 14.4 Å². The number of fused-ring (bicyclic) bond motifs is 5. The minimum absolute atomic E-state index is 0.0682. The first-order chi connectivity index (χ1) is 15.1. The number of carbonyl (C=O) groups is 2. The number of carbonyl (C=O) groups excluding carboxylic acids is 2. The lowest BCUT2D eigenvalue weighted by Crippen LogP contribution is -2.54. The van der Waals surface area contributed by atoms with Crippen molar-refractivity contribution in [3.8, 4) is 0 Å². The number of anilines is 1. The molecule has 0 fully saturated rings. The molecule has 31 heavy (non-hydrogen) atoms. The van der Waals surface area contributed by atoms with Crippen LogP contribution in [0, 0.1) is 0 Å². The molecule has 0 saturated carbocycles. The van der Waals surface area contributed by atoms with Crippen LogP contribution in [0.4, 0.5) is 5.69 Å². The van der Waals surface area contributed by atoms with Gasteiger partial charge in [-0.2, -0.15) is 0 Å². The van der Waals surface area contributed by atoms with E-state index in [1.54, 1.807) is 29.2 Å². The quantitative estimate of drug-likeness (QED) is 0.637. The minimum atomic E-state index is -1.55. The van der Waals surface area contributed by atoms with Gasteiger partial charge >= 0.3 is 0 Å². The Kier molecular flexibility index (Phi) is 4.44. The van der Waals surface area contributed by atoms with Crippen LogP contribution in [0.1, 0.15) is 35.0 Å². The molecule has 0 bridgehead atoms. The lowest BCUT2D eigenvalue weighted by Gasteiger charge is -2.34. The van der Waals surface area contributed by atoms with E-state index in [2.05, 4.69) is 0 Å². The summed E-state index contributed by atoms with van der Waals surface area (Å²) in [4.78, 5) is 44.4. The Morgan fingerprint density at radius 2 is 1.74 bits per heavy atom. The summed E-state index contributed by atoms with van der Waals surface area (Å²) in [5.41, 5.74) is -0.145. The fourth-order valence-electron chi connectivity index (χ4n) is 4.87. The van der Waals surface area contributed by atoms with Gasteiger partial charge < -0.3 is 19.0 Å². The molecule has 1 spiro atoms. The van der Waals surface area contributed by atoms with Crippen molar-refractivity contribution in [1.29, 1.82) is 0 Å². The summed E-state index contributed by atoms with van der Waals surface area (Å²) in [7, 11) is 1.53. The van der Waals surface area contributed by atoms with Crippen LogP contribution in [-0.2, 0) is 15.1 Å². The highest BCUT2D eigenvalue weighted by atomic mass is 16.5. The molecule has 3 aromatic rings. The molecule has 0 saturated heterocycles. The summed E-state index contributed by atoms with van der Waals surface area (Å²) in [6, 6.07) is 14.2. The van der Waals surface area contributed by atoms with Crippen LogP contribution in [0.3, 0.4) is 0 Å². The molecule has 3 heterocycles. The number of rotatable bonds is 5. The molecule has 2 aromatic carbocycles. The first-order valence-corrected chi connectivity index (χ1v) is 10.4. The second-order valence-corrected chi connectivity index (χ2v) is 7.77. The molecule has 0 aliphatic carbocycles. The van der Waals surface area contributed by atoms with E-state index < -0.39 is 11.4 Å². The summed E-state index contributed by atoms with van der Waals surface area (Å²) in [6.45, 7) is 2.84. The van der Waals surface area contributed by atoms with Crippen LogP contribution < -0.4 is 10.3 Å². The highest BCUT2D eigenvalue weighted by molar-refractivity contribution is 6.17. The molecule has 7 nitrogen and oxygen atoms in total. The number of hydrogen-bond acceptors (Lipinski definition) is 5. The van der Waals surface area contributed by atoms with Gasteiger partial charge in [-0.15, -0.1) is 0 Å². The number of amides is 2. The van der Waals surface area contributed by atoms with Gasteiger partial charge in [0.15, 0.2) is 11.0 Å². The summed E-state index contributed by atoms with van der Waals surface area (Å²) < 4.78 is 11.2. The Hall–Kier alpha value is -3.45. The van der Waals surface area contributed by atoms with Gasteiger partial charge in [-0.25, -0.2) is 0 Å². The summed E-state index contributed by atoms with van der Waals surface area (Å²) in [5, 5.41) is 0.348. The lowest BCUT2D eigenvalue weighted by atomic mass is 9.84. The fraction of sp³-hybridized carbons (Fsp3) is 0.292. The average molecular weight is 418 g/mol. The van der Waals surface area contributed by atoms with Gasteiger partial charge in [0, 0.05) is 25.8 Å². The molecule has 1 unspecified atom stereocenters. The van der Waals surface area contributed by atoms with Gasteiger partial charge in [-0.05, 0) is 24.6 Å². The van der Waals surface area contributed by atoms with Crippen molar-refractivity contribution >= 4 is 28.5 Å². The van der Waals surface area contributed by atoms with E-state index in [4.69, 9.17) is 9.15 Å². The van der Waals surface area contributed by atoms with Crippen LogP contribution in [0.2, 0.25) is 0 Å². The SMILES string of the molecule is CCCN1C(=O)C2(c3ccccc31)c1c(oc3ccccc3c1=O)C(=O)N2CCOC. The van der Waals surface area contributed by atoms with Crippen molar-refractivity contribution in [2.45, 2.75) is 18.9 Å². The van der Waals surface area contributed by atoms with Crippen LogP contribution in [0.25, 0.3) is 11.0 Å². The minimum Gasteiger partial charge on any atom is -0.450 e. The zero-order chi connectivity index (χ0) is 21.8. The zero-order valence-electron chi connectivity index (χ0n) is 17.4. The van der Waals surface area contributed by atoms with E-state index in [9.17, 15) is 14.4 Å². The highest BCUT2D eigenvalue weighted by Crippen LogP contribution is 2.52. The van der Waals surface area contributed by atoms with Crippen LogP contribution >= 0.6 is 0 Å².